The molecule has 1 aromatic rings. The van der Waals surface area contributed by atoms with Gasteiger partial charge in [0.05, 0.1) is 0 Å². The third kappa shape index (κ3) is 2.11. The molecule has 2 N–H and O–H groups in total. The van der Waals surface area contributed by atoms with E-state index in [0.717, 1.165) is 5.69 Å². The summed E-state index contributed by atoms with van der Waals surface area (Å²) < 4.78 is 0. The zero-order valence-electron chi connectivity index (χ0n) is 9.05. The van der Waals surface area contributed by atoms with E-state index < -0.39 is 0 Å². The van der Waals surface area contributed by atoms with Crippen LogP contribution < -0.4 is 10.6 Å². The van der Waals surface area contributed by atoms with Gasteiger partial charge in [0.1, 0.15) is 5.82 Å². The molecule has 1 aromatic heterocycles. The SMILES string of the molecule is Cc1cc(N2CC(CS)CC2=O)nc(N)n1. The monoisotopic (exact) mass is 238 g/mol. The average Bonchev–Trinajstić information content (AvgIpc) is 2.58. The second kappa shape index (κ2) is 4.29. The van der Waals surface area contributed by atoms with E-state index in [1.807, 2.05) is 6.92 Å². The van der Waals surface area contributed by atoms with Crippen molar-refractivity contribution < 1.29 is 4.79 Å². The molecule has 6 heteroatoms. The number of anilines is 2. The van der Waals surface area contributed by atoms with Gasteiger partial charge in [0.2, 0.25) is 11.9 Å². The maximum absolute atomic E-state index is 11.8. The Morgan fingerprint density at radius 2 is 2.38 bits per heavy atom. The van der Waals surface area contributed by atoms with Crippen LogP contribution in [-0.2, 0) is 4.79 Å². The van der Waals surface area contributed by atoms with Gasteiger partial charge in [-0.25, -0.2) is 4.98 Å². The predicted molar refractivity (Wildman–Crippen MR) is 65.5 cm³/mol. The van der Waals surface area contributed by atoms with Crippen LogP contribution >= 0.6 is 12.6 Å². The van der Waals surface area contributed by atoms with Crippen molar-refractivity contribution in [3.8, 4) is 0 Å². The highest BCUT2D eigenvalue weighted by molar-refractivity contribution is 7.80. The largest absolute Gasteiger partial charge is 0.368 e. The van der Waals surface area contributed by atoms with Crippen molar-refractivity contribution >= 4 is 30.3 Å². The molecule has 1 aliphatic rings. The number of carbonyl (C=O) groups is 1. The van der Waals surface area contributed by atoms with Gasteiger partial charge in [-0.2, -0.15) is 17.6 Å². The zero-order chi connectivity index (χ0) is 11.7. The number of thiol groups is 1. The normalized spacial score (nSPS) is 20.5. The fourth-order valence-electron chi connectivity index (χ4n) is 1.84. The maximum Gasteiger partial charge on any atom is 0.228 e. The van der Waals surface area contributed by atoms with Crippen molar-refractivity contribution in [2.45, 2.75) is 13.3 Å². The molecule has 0 radical (unpaired) electrons. The molecule has 16 heavy (non-hydrogen) atoms. The van der Waals surface area contributed by atoms with Crippen LogP contribution in [0.15, 0.2) is 6.07 Å². The van der Waals surface area contributed by atoms with Gasteiger partial charge in [-0.05, 0) is 18.6 Å². The number of hydrogen-bond donors (Lipinski definition) is 2. The number of rotatable bonds is 2. The fraction of sp³-hybridized carbons (Fsp3) is 0.500. The van der Waals surface area contributed by atoms with Gasteiger partial charge >= 0.3 is 0 Å². The first-order valence-electron chi connectivity index (χ1n) is 5.12. The Kier molecular flexibility index (Phi) is 3.00. The fourth-order valence-corrected chi connectivity index (χ4v) is 2.08. The van der Waals surface area contributed by atoms with Crippen LogP contribution in [0, 0.1) is 12.8 Å². The summed E-state index contributed by atoms with van der Waals surface area (Å²) in [6.07, 6.45) is 0.534. The molecule has 0 aromatic carbocycles. The first-order valence-corrected chi connectivity index (χ1v) is 5.75. The maximum atomic E-state index is 11.8. The van der Waals surface area contributed by atoms with Crippen LogP contribution in [-0.4, -0.2) is 28.2 Å². The van der Waals surface area contributed by atoms with Crippen LogP contribution in [0.3, 0.4) is 0 Å². The average molecular weight is 238 g/mol. The van der Waals surface area contributed by atoms with E-state index >= 15 is 0 Å². The number of nitrogens with two attached hydrogens (primary N) is 1. The lowest BCUT2D eigenvalue weighted by molar-refractivity contribution is -0.117. The minimum absolute atomic E-state index is 0.0801. The molecule has 1 fully saturated rings. The van der Waals surface area contributed by atoms with Crippen molar-refractivity contribution in [3.05, 3.63) is 11.8 Å². The second-order valence-corrected chi connectivity index (χ2v) is 4.35. The van der Waals surface area contributed by atoms with E-state index in [9.17, 15) is 4.79 Å². The summed E-state index contributed by atoms with van der Waals surface area (Å²) >= 11 is 4.21. The number of aryl methyl sites for hydroxylation is 1. The molecule has 86 valence electrons. The summed E-state index contributed by atoms with van der Waals surface area (Å²) in [6.45, 7) is 2.50. The molecule has 2 heterocycles. The van der Waals surface area contributed by atoms with Gasteiger partial charge in [-0.15, -0.1) is 0 Å². The van der Waals surface area contributed by atoms with Crippen molar-refractivity contribution in [1.29, 1.82) is 0 Å². The molecule has 1 atom stereocenters. The van der Waals surface area contributed by atoms with Crippen molar-refractivity contribution in [3.63, 3.8) is 0 Å². The molecule has 5 nitrogen and oxygen atoms in total. The molecule has 1 aliphatic heterocycles. The van der Waals surface area contributed by atoms with E-state index in [4.69, 9.17) is 5.73 Å². The zero-order valence-corrected chi connectivity index (χ0v) is 9.94. The summed E-state index contributed by atoms with van der Waals surface area (Å²) in [5, 5.41) is 0. The Hall–Kier alpha value is -1.30. The van der Waals surface area contributed by atoms with Gasteiger partial charge < -0.3 is 5.73 Å². The first-order chi connectivity index (χ1) is 7.60. The van der Waals surface area contributed by atoms with Crippen LogP contribution in [0.1, 0.15) is 12.1 Å². The van der Waals surface area contributed by atoms with E-state index in [2.05, 4.69) is 22.6 Å². The van der Waals surface area contributed by atoms with Crippen LogP contribution in [0.25, 0.3) is 0 Å². The minimum Gasteiger partial charge on any atom is -0.368 e. The highest BCUT2D eigenvalue weighted by Gasteiger charge is 2.30. The van der Waals surface area contributed by atoms with Gasteiger partial charge in [0.15, 0.2) is 0 Å². The van der Waals surface area contributed by atoms with Gasteiger partial charge in [0.25, 0.3) is 0 Å². The highest BCUT2D eigenvalue weighted by atomic mass is 32.1. The summed E-state index contributed by atoms with van der Waals surface area (Å²) in [4.78, 5) is 21.5. The molecule has 1 amide bonds. The summed E-state index contributed by atoms with van der Waals surface area (Å²) in [5.74, 6) is 1.89. The second-order valence-electron chi connectivity index (χ2n) is 3.98. The molecular formula is C10H14N4OS. The first kappa shape index (κ1) is 11.2. The molecule has 1 saturated heterocycles. The Bertz CT molecular complexity index is 403. The van der Waals surface area contributed by atoms with E-state index in [0.29, 0.717) is 30.5 Å². The van der Waals surface area contributed by atoms with E-state index in [1.54, 1.807) is 11.0 Å². The van der Waals surface area contributed by atoms with Crippen molar-refractivity contribution in [2.24, 2.45) is 5.92 Å². The minimum atomic E-state index is 0.0801. The summed E-state index contributed by atoms with van der Waals surface area (Å²) in [6, 6.07) is 1.77. The standard InChI is InChI=1S/C10H14N4OS/c1-6-2-8(13-10(11)12-6)14-4-7(5-16)3-9(14)15/h2,7,16H,3-5H2,1H3,(H2,11,12,13). The highest BCUT2D eigenvalue weighted by Crippen LogP contribution is 2.24. The van der Waals surface area contributed by atoms with Crippen molar-refractivity contribution in [2.75, 3.05) is 22.9 Å². The Morgan fingerprint density at radius 3 is 2.94 bits per heavy atom. The lowest BCUT2D eigenvalue weighted by atomic mass is 10.1. The third-order valence-corrected chi connectivity index (χ3v) is 3.11. The number of nitrogens with zero attached hydrogens (tertiary/aromatic N) is 3. The van der Waals surface area contributed by atoms with Crippen LogP contribution in [0.2, 0.25) is 0 Å². The lowest BCUT2D eigenvalue weighted by Gasteiger charge is -2.15. The molecular weight excluding hydrogens is 224 g/mol. The summed E-state index contributed by atoms with van der Waals surface area (Å²) in [7, 11) is 0. The number of hydrogen-bond acceptors (Lipinski definition) is 5. The predicted octanol–water partition coefficient (Wildman–Crippen LogP) is 0.650. The Labute approximate surface area is 99.5 Å². The van der Waals surface area contributed by atoms with Crippen LogP contribution in [0.4, 0.5) is 11.8 Å². The number of nitrogen functional groups attached to an aromatic ring is 1. The van der Waals surface area contributed by atoms with Gasteiger partial charge in [0, 0.05) is 24.7 Å². The third-order valence-electron chi connectivity index (χ3n) is 2.60. The molecule has 0 bridgehead atoms. The smallest absolute Gasteiger partial charge is 0.228 e. The lowest BCUT2D eigenvalue weighted by Crippen LogP contribution is -2.26. The van der Waals surface area contributed by atoms with Crippen LogP contribution in [0.5, 0.6) is 0 Å². The van der Waals surface area contributed by atoms with E-state index in [-0.39, 0.29) is 11.9 Å². The Balaban J connectivity index is 2.27. The van der Waals surface area contributed by atoms with Gasteiger partial charge in [-0.1, -0.05) is 0 Å². The number of amides is 1. The quantitative estimate of drug-likeness (QED) is 0.742. The van der Waals surface area contributed by atoms with Gasteiger partial charge in [-0.3, -0.25) is 9.69 Å². The molecule has 2 rings (SSSR count). The van der Waals surface area contributed by atoms with E-state index in [1.165, 1.54) is 0 Å². The molecule has 0 spiro atoms. The van der Waals surface area contributed by atoms with Crippen molar-refractivity contribution in [1.82, 2.24) is 9.97 Å². The Morgan fingerprint density at radius 1 is 1.62 bits per heavy atom. The molecule has 1 unspecified atom stereocenters. The topological polar surface area (TPSA) is 72.1 Å². The summed E-state index contributed by atoms with van der Waals surface area (Å²) in [5.41, 5.74) is 6.33. The molecule has 0 saturated carbocycles. The number of aromatic nitrogens is 2. The molecule has 0 aliphatic carbocycles. The number of carbonyl (C=O) groups excluding carboxylic acids is 1.